The van der Waals surface area contributed by atoms with E-state index in [1.165, 1.54) is 5.56 Å². The normalized spacial score (nSPS) is 11.9. The first-order valence-corrected chi connectivity index (χ1v) is 7.17. The molecule has 0 aliphatic rings. The van der Waals surface area contributed by atoms with Crippen LogP contribution in [0.3, 0.4) is 0 Å². The van der Waals surface area contributed by atoms with Gasteiger partial charge in [0.15, 0.2) is 0 Å². The summed E-state index contributed by atoms with van der Waals surface area (Å²) in [4.78, 5) is 10.6. The summed E-state index contributed by atoms with van der Waals surface area (Å²) in [5.74, 6) is 1.10. The monoisotopic (exact) mass is 284 g/mol. The Hall–Kier alpha value is -2.29. The number of hydrogen-bond donors (Lipinski definition) is 1. The largest absolute Gasteiger partial charge is 0.481 e. The van der Waals surface area contributed by atoms with Gasteiger partial charge in [-0.1, -0.05) is 37.3 Å². The van der Waals surface area contributed by atoms with Crippen molar-refractivity contribution in [2.24, 2.45) is 5.92 Å². The lowest BCUT2D eigenvalue weighted by Crippen LogP contribution is -2.05. The SMILES string of the molecule is C[C@@H](CCc1ccc(Oc2ccccc2)cc1)CC(=O)O. The zero-order chi connectivity index (χ0) is 15.1. The molecule has 2 aromatic rings. The fraction of sp³-hybridized carbons (Fsp3) is 0.278. The standard InChI is InChI=1S/C18H20O3/c1-14(13-18(19)20)7-8-15-9-11-17(12-10-15)21-16-5-3-2-4-6-16/h2-6,9-12,14H,7-8,13H2,1H3,(H,19,20)/t14-/m0/s1. The maximum absolute atomic E-state index is 10.6. The summed E-state index contributed by atoms with van der Waals surface area (Å²) in [7, 11) is 0. The molecule has 0 saturated heterocycles. The first-order valence-electron chi connectivity index (χ1n) is 7.17. The van der Waals surface area contributed by atoms with Gasteiger partial charge in [0.2, 0.25) is 0 Å². The number of para-hydroxylation sites is 1. The Morgan fingerprint density at radius 2 is 1.67 bits per heavy atom. The predicted molar refractivity (Wildman–Crippen MR) is 82.7 cm³/mol. The molecule has 0 unspecified atom stereocenters. The molecule has 0 radical (unpaired) electrons. The van der Waals surface area contributed by atoms with E-state index < -0.39 is 5.97 Å². The first-order chi connectivity index (χ1) is 10.1. The minimum Gasteiger partial charge on any atom is -0.481 e. The highest BCUT2D eigenvalue weighted by molar-refractivity contribution is 5.66. The van der Waals surface area contributed by atoms with E-state index in [0.717, 1.165) is 24.3 Å². The third-order valence-electron chi connectivity index (χ3n) is 3.35. The maximum atomic E-state index is 10.6. The van der Waals surface area contributed by atoms with Crippen LogP contribution in [-0.4, -0.2) is 11.1 Å². The Kier molecular flexibility index (Phi) is 5.38. The average Bonchev–Trinajstić information content (AvgIpc) is 2.47. The maximum Gasteiger partial charge on any atom is 0.303 e. The van der Waals surface area contributed by atoms with Crippen molar-refractivity contribution in [3.05, 3.63) is 60.2 Å². The van der Waals surface area contributed by atoms with Crippen molar-refractivity contribution in [3.63, 3.8) is 0 Å². The Bertz CT molecular complexity index is 561. The molecule has 0 aliphatic carbocycles. The molecule has 0 bridgehead atoms. The van der Waals surface area contributed by atoms with Gasteiger partial charge in [0.05, 0.1) is 0 Å². The van der Waals surface area contributed by atoms with E-state index in [0.29, 0.717) is 0 Å². The number of carboxylic acids is 1. The van der Waals surface area contributed by atoms with E-state index in [9.17, 15) is 4.79 Å². The van der Waals surface area contributed by atoms with Crippen molar-refractivity contribution in [1.29, 1.82) is 0 Å². The number of benzene rings is 2. The number of rotatable bonds is 7. The number of carbonyl (C=O) groups is 1. The fourth-order valence-electron chi connectivity index (χ4n) is 2.16. The van der Waals surface area contributed by atoms with E-state index in [1.807, 2.05) is 61.5 Å². The van der Waals surface area contributed by atoms with Crippen LogP contribution in [0.5, 0.6) is 11.5 Å². The number of hydrogen-bond acceptors (Lipinski definition) is 2. The molecular weight excluding hydrogens is 264 g/mol. The smallest absolute Gasteiger partial charge is 0.303 e. The molecule has 2 aromatic carbocycles. The molecule has 0 saturated carbocycles. The van der Waals surface area contributed by atoms with Crippen molar-refractivity contribution in [1.82, 2.24) is 0 Å². The molecule has 0 aromatic heterocycles. The minimum atomic E-state index is -0.728. The second-order valence-electron chi connectivity index (χ2n) is 5.30. The number of carboxylic acid groups (broad SMARTS) is 1. The van der Waals surface area contributed by atoms with E-state index >= 15 is 0 Å². The van der Waals surface area contributed by atoms with Crippen LogP contribution in [0.1, 0.15) is 25.3 Å². The van der Waals surface area contributed by atoms with Crippen LogP contribution in [0.25, 0.3) is 0 Å². The number of ether oxygens (including phenoxy) is 1. The average molecular weight is 284 g/mol. The summed E-state index contributed by atoms with van der Waals surface area (Å²) >= 11 is 0. The Balaban J connectivity index is 1.86. The van der Waals surface area contributed by atoms with E-state index in [2.05, 4.69) is 0 Å². The second-order valence-corrected chi connectivity index (χ2v) is 5.30. The molecule has 1 N–H and O–H groups in total. The molecule has 110 valence electrons. The summed E-state index contributed by atoms with van der Waals surface area (Å²) in [5.41, 5.74) is 1.20. The second kappa shape index (κ2) is 7.48. The Morgan fingerprint density at radius 3 is 2.29 bits per heavy atom. The van der Waals surface area contributed by atoms with Gasteiger partial charge in [-0.2, -0.15) is 0 Å². The highest BCUT2D eigenvalue weighted by Gasteiger charge is 2.07. The Morgan fingerprint density at radius 1 is 1.05 bits per heavy atom. The Labute approximate surface area is 125 Å². The summed E-state index contributed by atoms with van der Waals surface area (Å²) < 4.78 is 5.73. The number of aryl methyl sites for hydroxylation is 1. The molecule has 3 heteroatoms. The molecule has 0 fully saturated rings. The van der Waals surface area contributed by atoms with E-state index in [-0.39, 0.29) is 12.3 Å². The molecule has 0 heterocycles. The van der Waals surface area contributed by atoms with E-state index in [4.69, 9.17) is 9.84 Å². The summed E-state index contributed by atoms with van der Waals surface area (Å²) in [6.07, 6.45) is 2.00. The van der Waals surface area contributed by atoms with Crippen molar-refractivity contribution in [2.75, 3.05) is 0 Å². The predicted octanol–water partition coefficient (Wildman–Crippen LogP) is 4.52. The van der Waals surface area contributed by atoms with Crippen molar-refractivity contribution >= 4 is 5.97 Å². The topological polar surface area (TPSA) is 46.5 Å². The van der Waals surface area contributed by atoms with Gasteiger partial charge in [-0.15, -0.1) is 0 Å². The van der Waals surface area contributed by atoms with Gasteiger partial charge in [0.25, 0.3) is 0 Å². The lowest BCUT2D eigenvalue weighted by atomic mass is 9.98. The van der Waals surface area contributed by atoms with Gasteiger partial charge < -0.3 is 9.84 Å². The highest BCUT2D eigenvalue weighted by Crippen LogP contribution is 2.22. The number of aliphatic carboxylic acids is 1. The van der Waals surface area contributed by atoms with Crippen LogP contribution in [-0.2, 0) is 11.2 Å². The van der Waals surface area contributed by atoms with Gasteiger partial charge in [-0.3, -0.25) is 4.79 Å². The van der Waals surface area contributed by atoms with Crippen molar-refractivity contribution in [2.45, 2.75) is 26.2 Å². The molecule has 3 nitrogen and oxygen atoms in total. The lowest BCUT2D eigenvalue weighted by Gasteiger charge is -2.09. The van der Waals surface area contributed by atoms with Gasteiger partial charge >= 0.3 is 5.97 Å². The molecule has 21 heavy (non-hydrogen) atoms. The van der Waals surface area contributed by atoms with Crippen LogP contribution < -0.4 is 4.74 Å². The first kappa shape index (κ1) is 15.1. The van der Waals surface area contributed by atoms with Gasteiger partial charge in [-0.25, -0.2) is 0 Å². The van der Waals surface area contributed by atoms with Crippen LogP contribution in [0.4, 0.5) is 0 Å². The van der Waals surface area contributed by atoms with Crippen LogP contribution in [0.2, 0.25) is 0 Å². The quantitative estimate of drug-likeness (QED) is 0.813. The van der Waals surface area contributed by atoms with Gasteiger partial charge in [-0.05, 0) is 48.6 Å². The molecule has 1 atom stereocenters. The van der Waals surface area contributed by atoms with Crippen molar-refractivity contribution < 1.29 is 14.6 Å². The molecule has 0 spiro atoms. The summed E-state index contributed by atoms with van der Waals surface area (Å²) in [6.45, 7) is 1.97. The fourth-order valence-corrected chi connectivity index (χ4v) is 2.16. The minimum absolute atomic E-state index is 0.197. The van der Waals surface area contributed by atoms with Crippen LogP contribution >= 0.6 is 0 Å². The van der Waals surface area contributed by atoms with Crippen LogP contribution in [0.15, 0.2) is 54.6 Å². The van der Waals surface area contributed by atoms with Gasteiger partial charge in [0.1, 0.15) is 11.5 Å². The molecule has 0 amide bonds. The summed E-state index contributed by atoms with van der Waals surface area (Å²) in [6, 6.07) is 17.6. The third-order valence-corrected chi connectivity index (χ3v) is 3.35. The van der Waals surface area contributed by atoms with Crippen LogP contribution in [0, 0.1) is 5.92 Å². The third kappa shape index (κ3) is 5.30. The van der Waals surface area contributed by atoms with E-state index in [1.54, 1.807) is 0 Å². The summed E-state index contributed by atoms with van der Waals surface area (Å²) in [5, 5.41) is 8.74. The van der Waals surface area contributed by atoms with Crippen molar-refractivity contribution in [3.8, 4) is 11.5 Å². The molecule has 2 rings (SSSR count). The molecule has 0 aliphatic heterocycles. The lowest BCUT2D eigenvalue weighted by molar-refractivity contribution is -0.138. The van der Waals surface area contributed by atoms with Gasteiger partial charge in [0, 0.05) is 6.42 Å². The zero-order valence-corrected chi connectivity index (χ0v) is 12.2. The zero-order valence-electron chi connectivity index (χ0n) is 12.2. The highest BCUT2D eigenvalue weighted by atomic mass is 16.5. The molecular formula is C18H20O3.